The van der Waals surface area contributed by atoms with E-state index < -0.39 is 5.60 Å². The second-order valence-corrected chi connectivity index (χ2v) is 3.72. The highest BCUT2D eigenvalue weighted by Gasteiger charge is 2.44. The maximum Gasteiger partial charge on any atom is 0.106 e. The van der Waals surface area contributed by atoms with E-state index in [9.17, 15) is 5.11 Å². The van der Waals surface area contributed by atoms with Gasteiger partial charge in [-0.05, 0) is 32.3 Å². The van der Waals surface area contributed by atoms with Crippen LogP contribution in [-0.2, 0) is 18.6 Å². The van der Waals surface area contributed by atoms with Crippen molar-refractivity contribution in [3.05, 3.63) is 17.5 Å². The van der Waals surface area contributed by atoms with Gasteiger partial charge in [-0.15, -0.1) is 0 Å². The summed E-state index contributed by atoms with van der Waals surface area (Å²) in [4.78, 5) is 0. The minimum atomic E-state index is -0.545. The molecule has 1 saturated carbocycles. The number of aryl methyl sites for hydroxylation is 2. The van der Waals surface area contributed by atoms with Crippen LogP contribution in [0.4, 0.5) is 0 Å². The van der Waals surface area contributed by atoms with Gasteiger partial charge in [0.15, 0.2) is 0 Å². The Balaban J connectivity index is 2.37. The molecule has 3 heteroatoms. The van der Waals surface area contributed by atoms with Crippen LogP contribution < -0.4 is 0 Å². The predicted octanol–water partition coefficient (Wildman–Crippen LogP) is 1.45. The molecule has 1 heterocycles. The Hall–Kier alpha value is -0.830. The first-order valence-corrected chi connectivity index (χ1v) is 4.99. The summed E-state index contributed by atoms with van der Waals surface area (Å²) in [5.74, 6) is 0. The number of aromatic nitrogens is 2. The second-order valence-electron chi connectivity index (χ2n) is 3.72. The molecule has 1 aliphatic rings. The normalized spacial score (nSPS) is 19.0. The fourth-order valence-electron chi connectivity index (χ4n) is 1.63. The molecule has 13 heavy (non-hydrogen) atoms. The zero-order valence-corrected chi connectivity index (χ0v) is 8.25. The number of hydrogen-bond donors (Lipinski definition) is 1. The zero-order valence-electron chi connectivity index (χ0n) is 8.25. The molecule has 1 fully saturated rings. The van der Waals surface area contributed by atoms with E-state index in [0.717, 1.165) is 37.2 Å². The maximum absolute atomic E-state index is 9.96. The van der Waals surface area contributed by atoms with Crippen molar-refractivity contribution in [2.45, 2.75) is 45.3 Å². The monoisotopic (exact) mass is 180 g/mol. The summed E-state index contributed by atoms with van der Waals surface area (Å²) in [6, 6.07) is 2.04. The highest BCUT2D eigenvalue weighted by atomic mass is 16.3. The summed E-state index contributed by atoms with van der Waals surface area (Å²) in [6.45, 7) is 4.99. The molecule has 72 valence electrons. The molecule has 0 aromatic carbocycles. The Labute approximate surface area is 78.4 Å². The number of hydrogen-bond acceptors (Lipinski definition) is 2. The van der Waals surface area contributed by atoms with Crippen molar-refractivity contribution in [3.8, 4) is 0 Å². The van der Waals surface area contributed by atoms with Crippen LogP contribution in [0.1, 0.15) is 38.1 Å². The first-order chi connectivity index (χ1) is 6.19. The first kappa shape index (κ1) is 8.75. The highest BCUT2D eigenvalue weighted by molar-refractivity contribution is 5.22. The lowest BCUT2D eigenvalue weighted by atomic mass is 10.2. The molecule has 1 N–H and O–H groups in total. The van der Waals surface area contributed by atoms with Gasteiger partial charge in [-0.1, -0.05) is 6.92 Å². The topological polar surface area (TPSA) is 38.0 Å². The molecule has 0 radical (unpaired) electrons. The van der Waals surface area contributed by atoms with Crippen molar-refractivity contribution < 1.29 is 5.11 Å². The van der Waals surface area contributed by atoms with Crippen LogP contribution in [0.5, 0.6) is 0 Å². The maximum atomic E-state index is 9.96. The molecule has 0 unspecified atom stereocenters. The molecule has 0 bridgehead atoms. The molecule has 1 aromatic heterocycles. The highest BCUT2D eigenvalue weighted by Crippen LogP contribution is 2.45. The minimum Gasteiger partial charge on any atom is -0.384 e. The van der Waals surface area contributed by atoms with Crippen molar-refractivity contribution in [1.82, 2.24) is 9.78 Å². The molecule has 0 spiro atoms. The van der Waals surface area contributed by atoms with Crippen molar-refractivity contribution in [2.24, 2.45) is 0 Å². The molecule has 1 aromatic rings. The van der Waals surface area contributed by atoms with Gasteiger partial charge < -0.3 is 5.11 Å². The summed E-state index contributed by atoms with van der Waals surface area (Å²) >= 11 is 0. The average molecular weight is 180 g/mol. The van der Waals surface area contributed by atoms with Crippen LogP contribution in [0, 0.1) is 0 Å². The van der Waals surface area contributed by atoms with E-state index in [1.165, 1.54) is 0 Å². The van der Waals surface area contributed by atoms with Crippen LogP contribution in [0.3, 0.4) is 0 Å². The minimum absolute atomic E-state index is 0.545. The van der Waals surface area contributed by atoms with Gasteiger partial charge in [0.2, 0.25) is 0 Å². The van der Waals surface area contributed by atoms with Gasteiger partial charge in [0, 0.05) is 6.54 Å². The van der Waals surface area contributed by atoms with Gasteiger partial charge in [-0.2, -0.15) is 5.10 Å². The van der Waals surface area contributed by atoms with Crippen molar-refractivity contribution in [3.63, 3.8) is 0 Å². The second kappa shape index (κ2) is 2.84. The van der Waals surface area contributed by atoms with Crippen LogP contribution in [-0.4, -0.2) is 14.9 Å². The average Bonchev–Trinajstić information content (AvgIpc) is 2.75. The third-order valence-corrected chi connectivity index (χ3v) is 2.69. The summed E-state index contributed by atoms with van der Waals surface area (Å²) in [5.41, 5.74) is 1.54. The van der Waals surface area contributed by atoms with Crippen LogP contribution >= 0.6 is 0 Å². The number of aliphatic hydroxyl groups is 1. The van der Waals surface area contributed by atoms with Crippen LogP contribution in [0.2, 0.25) is 0 Å². The predicted molar refractivity (Wildman–Crippen MR) is 50.4 cm³/mol. The molecule has 0 saturated heterocycles. The largest absolute Gasteiger partial charge is 0.384 e. The summed E-state index contributed by atoms with van der Waals surface area (Å²) in [6.07, 6.45) is 2.72. The van der Waals surface area contributed by atoms with Crippen molar-refractivity contribution >= 4 is 0 Å². The summed E-state index contributed by atoms with van der Waals surface area (Å²) in [7, 11) is 0. The summed E-state index contributed by atoms with van der Waals surface area (Å²) < 4.78 is 1.92. The van der Waals surface area contributed by atoms with E-state index in [-0.39, 0.29) is 0 Å². The molecule has 0 aliphatic heterocycles. The molecular formula is C10H16N2O. The first-order valence-electron chi connectivity index (χ1n) is 4.99. The van der Waals surface area contributed by atoms with E-state index in [2.05, 4.69) is 18.9 Å². The smallest absolute Gasteiger partial charge is 0.106 e. The van der Waals surface area contributed by atoms with Crippen molar-refractivity contribution in [2.75, 3.05) is 0 Å². The Bertz CT molecular complexity index is 313. The molecular weight excluding hydrogens is 164 g/mol. The number of rotatable bonds is 3. The standard InChI is InChI=1S/C10H16N2O/c1-3-8-7-9(10(13)5-6-10)12(4-2)11-8/h7,13H,3-6H2,1-2H3. The van der Waals surface area contributed by atoms with E-state index >= 15 is 0 Å². The van der Waals surface area contributed by atoms with Crippen LogP contribution in [0.25, 0.3) is 0 Å². The van der Waals surface area contributed by atoms with E-state index in [1.807, 2.05) is 10.7 Å². The van der Waals surface area contributed by atoms with Gasteiger partial charge in [0.05, 0.1) is 11.4 Å². The SMILES string of the molecule is CCc1cc(C2(O)CC2)n(CC)n1. The van der Waals surface area contributed by atoms with Gasteiger partial charge in [-0.3, -0.25) is 4.68 Å². The van der Waals surface area contributed by atoms with Gasteiger partial charge >= 0.3 is 0 Å². The van der Waals surface area contributed by atoms with Crippen LogP contribution in [0.15, 0.2) is 6.07 Å². The molecule has 2 rings (SSSR count). The molecule has 1 aliphatic carbocycles. The van der Waals surface area contributed by atoms with Gasteiger partial charge in [0.25, 0.3) is 0 Å². The Morgan fingerprint density at radius 1 is 1.54 bits per heavy atom. The third-order valence-electron chi connectivity index (χ3n) is 2.69. The fraction of sp³-hybridized carbons (Fsp3) is 0.700. The molecule has 0 amide bonds. The lowest BCUT2D eigenvalue weighted by Gasteiger charge is -2.08. The van der Waals surface area contributed by atoms with E-state index in [1.54, 1.807) is 0 Å². The lowest BCUT2D eigenvalue weighted by Crippen LogP contribution is -2.12. The number of nitrogens with zero attached hydrogens (tertiary/aromatic N) is 2. The quantitative estimate of drug-likeness (QED) is 0.764. The Morgan fingerprint density at radius 3 is 2.69 bits per heavy atom. The van der Waals surface area contributed by atoms with E-state index in [4.69, 9.17) is 0 Å². The Kier molecular flexibility index (Phi) is 1.91. The van der Waals surface area contributed by atoms with Gasteiger partial charge in [0.1, 0.15) is 5.60 Å². The van der Waals surface area contributed by atoms with Crippen molar-refractivity contribution in [1.29, 1.82) is 0 Å². The summed E-state index contributed by atoms with van der Waals surface area (Å²) in [5, 5.41) is 14.4. The van der Waals surface area contributed by atoms with E-state index in [0.29, 0.717) is 0 Å². The lowest BCUT2D eigenvalue weighted by molar-refractivity contribution is 0.140. The Morgan fingerprint density at radius 2 is 2.23 bits per heavy atom. The molecule has 0 atom stereocenters. The zero-order chi connectivity index (χ0) is 9.47. The third kappa shape index (κ3) is 1.37. The molecule has 3 nitrogen and oxygen atoms in total. The fourth-order valence-corrected chi connectivity index (χ4v) is 1.63. The van der Waals surface area contributed by atoms with Gasteiger partial charge in [-0.25, -0.2) is 0 Å².